The van der Waals surface area contributed by atoms with Crippen molar-refractivity contribution in [2.24, 2.45) is 0 Å². The lowest BCUT2D eigenvalue weighted by Crippen LogP contribution is -2.35. The van der Waals surface area contributed by atoms with Crippen LogP contribution < -0.4 is 5.32 Å². The number of rotatable bonds is 2. The molecular formula is C17H24ClNS. The van der Waals surface area contributed by atoms with Crippen LogP contribution in [0.5, 0.6) is 0 Å². The van der Waals surface area contributed by atoms with E-state index in [-0.39, 0.29) is 0 Å². The molecule has 1 aliphatic heterocycles. The van der Waals surface area contributed by atoms with E-state index in [9.17, 15) is 0 Å². The van der Waals surface area contributed by atoms with Crippen molar-refractivity contribution in [3.05, 3.63) is 28.8 Å². The van der Waals surface area contributed by atoms with Crippen LogP contribution in [0.3, 0.4) is 0 Å². The molecule has 1 aromatic rings. The van der Waals surface area contributed by atoms with E-state index in [1.807, 2.05) is 17.8 Å². The van der Waals surface area contributed by atoms with Gasteiger partial charge in [-0.1, -0.05) is 43.7 Å². The Kier molecular flexibility index (Phi) is 5.30. The molecule has 1 aromatic carbocycles. The Labute approximate surface area is 131 Å². The molecule has 1 heterocycles. The number of benzene rings is 1. The molecule has 0 saturated heterocycles. The molecule has 1 saturated carbocycles. The van der Waals surface area contributed by atoms with Crippen molar-refractivity contribution in [2.45, 2.75) is 68.3 Å². The van der Waals surface area contributed by atoms with Crippen LogP contribution in [0.25, 0.3) is 0 Å². The van der Waals surface area contributed by atoms with Crippen LogP contribution in [0.1, 0.15) is 63.0 Å². The SMILES string of the molecule is Clc1ccc2c(c1)C(NC1CCCCCCC1)CCS2. The lowest BCUT2D eigenvalue weighted by molar-refractivity contribution is 0.347. The van der Waals surface area contributed by atoms with Gasteiger partial charge in [0.2, 0.25) is 0 Å². The summed E-state index contributed by atoms with van der Waals surface area (Å²) >= 11 is 8.17. The minimum atomic E-state index is 0.509. The number of hydrogen-bond acceptors (Lipinski definition) is 2. The third-order valence-corrected chi connectivity index (χ3v) is 5.91. The molecule has 0 spiro atoms. The van der Waals surface area contributed by atoms with E-state index >= 15 is 0 Å². The Bertz CT molecular complexity index is 441. The van der Waals surface area contributed by atoms with Gasteiger partial charge in [0.05, 0.1) is 0 Å². The first kappa shape index (κ1) is 14.7. The zero-order valence-electron chi connectivity index (χ0n) is 12.0. The van der Waals surface area contributed by atoms with Gasteiger partial charge >= 0.3 is 0 Å². The Hall–Kier alpha value is -0.180. The van der Waals surface area contributed by atoms with Gasteiger partial charge in [-0.05, 0) is 48.8 Å². The topological polar surface area (TPSA) is 12.0 Å². The molecule has 20 heavy (non-hydrogen) atoms. The van der Waals surface area contributed by atoms with Gasteiger partial charge in [-0.15, -0.1) is 11.8 Å². The highest BCUT2D eigenvalue weighted by Crippen LogP contribution is 2.38. The van der Waals surface area contributed by atoms with Gasteiger partial charge < -0.3 is 5.32 Å². The molecule has 0 radical (unpaired) electrons. The molecule has 0 aromatic heterocycles. The van der Waals surface area contributed by atoms with E-state index in [1.54, 1.807) is 0 Å². The first-order chi connectivity index (χ1) is 9.83. The molecule has 1 atom stereocenters. The predicted molar refractivity (Wildman–Crippen MR) is 88.8 cm³/mol. The summed E-state index contributed by atoms with van der Waals surface area (Å²) in [5, 5.41) is 4.81. The molecule has 3 heteroatoms. The maximum Gasteiger partial charge on any atom is 0.0410 e. The molecular weight excluding hydrogens is 286 g/mol. The number of hydrogen-bond donors (Lipinski definition) is 1. The van der Waals surface area contributed by atoms with Crippen molar-refractivity contribution >= 4 is 23.4 Å². The monoisotopic (exact) mass is 309 g/mol. The average Bonchev–Trinajstić information content (AvgIpc) is 2.42. The van der Waals surface area contributed by atoms with Crippen LogP contribution in [0.4, 0.5) is 0 Å². The Balaban J connectivity index is 1.70. The van der Waals surface area contributed by atoms with Gasteiger partial charge in [0.15, 0.2) is 0 Å². The Morgan fingerprint density at radius 3 is 2.55 bits per heavy atom. The van der Waals surface area contributed by atoms with Crippen LogP contribution in [-0.4, -0.2) is 11.8 Å². The lowest BCUT2D eigenvalue weighted by Gasteiger charge is -2.31. The minimum Gasteiger partial charge on any atom is -0.307 e. The van der Waals surface area contributed by atoms with E-state index in [0.717, 1.165) is 5.02 Å². The van der Waals surface area contributed by atoms with Crippen molar-refractivity contribution in [3.63, 3.8) is 0 Å². The number of thioether (sulfide) groups is 1. The van der Waals surface area contributed by atoms with Crippen molar-refractivity contribution in [2.75, 3.05) is 5.75 Å². The second kappa shape index (κ2) is 7.20. The van der Waals surface area contributed by atoms with Gasteiger partial charge in [0, 0.05) is 22.0 Å². The highest BCUT2D eigenvalue weighted by atomic mass is 35.5. The minimum absolute atomic E-state index is 0.509. The number of halogens is 1. The third-order valence-electron chi connectivity index (χ3n) is 4.55. The van der Waals surface area contributed by atoms with Gasteiger partial charge in [0.25, 0.3) is 0 Å². The Morgan fingerprint density at radius 1 is 1.00 bits per heavy atom. The second-order valence-electron chi connectivity index (χ2n) is 6.08. The van der Waals surface area contributed by atoms with Crippen LogP contribution in [0, 0.1) is 0 Å². The molecule has 1 fully saturated rings. The molecule has 110 valence electrons. The van der Waals surface area contributed by atoms with Crippen LogP contribution in [0.15, 0.2) is 23.1 Å². The van der Waals surface area contributed by atoms with E-state index in [2.05, 4.69) is 17.4 Å². The van der Waals surface area contributed by atoms with Crippen molar-refractivity contribution in [3.8, 4) is 0 Å². The number of nitrogens with one attached hydrogen (secondary N) is 1. The van der Waals surface area contributed by atoms with Crippen molar-refractivity contribution < 1.29 is 0 Å². The molecule has 1 unspecified atom stereocenters. The quantitative estimate of drug-likeness (QED) is 0.765. The van der Waals surface area contributed by atoms with Crippen LogP contribution in [-0.2, 0) is 0 Å². The normalized spacial score (nSPS) is 24.8. The summed E-state index contributed by atoms with van der Waals surface area (Å²) < 4.78 is 0. The predicted octanol–water partition coefficient (Wildman–Crippen LogP) is 5.58. The first-order valence-electron chi connectivity index (χ1n) is 8.01. The molecule has 0 amide bonds. The van der Waals surface area contributed by atoms with Gasteiger partial charge in [-0.25, -0.2) is 0 Å². The van der Waals surface area contributed by atoms with Gasteiger partial charge in [-0.3, -0.25) is 0 Å². The fourth-order valence-electron chi connectivity index (χ4n) is 3.45. The molecule has 0 bridgehead atoms. The molecule has 1 aliphatic carbocycles. The first-order valence-corrected chi connectivity index (χ1v) is 9.37. The second-order valence-corrected chi connectivity index (χ2v) is 7.65. The fourth-order valence-corrected chi connectivity index (χ4v) is 4.73. The summed E-state index contributed by atoms with van der Waals surface area (Å²) in [7, 11) is 0. The highest BCUT2D eigenvalue weighted by Gasteiger charge is 2.23. The average molecular weight is 310 g/mol. The summed E-state index contributed by atoms with van der Waals surface area (Å²) in [6.07, 6.45) is 11.0. The fraction of sp³-hybridized carbons (Fsp3) is 0.647. The maximum atomic E-state index is 6.20. The van der Waals surface area contributed by atoms with Gasteiger partial charge in [0.1, 0.15) is 0 Å². The van der Waals surface area contributed by atoms with E-state index < -0.39 is 0 Å². The van der Waals surface area contributed by atoms with E-state index in [4.69, 9.17) is 11.6 Å². The van der Waals surface area contributed by atoms with Crippen molar-refractivity contribution in [1.29, 1.82) is 0 Å². The van der Waals surface area contributed by atoms with E-state index in [0.29, 0.717) is 12.1 Å². The highest BCUT2D eigenvalue weighted by molar-refractivity contribution is 7.99. The molecule has 1 N–H and O–H groups in total. The summed E-state index contributed by atoms with van der Waals surface area (Å²) in [5.41, 5.74) is 1.43. The van der Waals surface area contributed by atoms with Gasteiger partial charge in [-0.2, -0.15) is 0 Å². The standard InChI is InChI=1S/C17H24ClNS/c18-13-8-9-17-15(12-13)16(10-11-20-17)19-14-6-4-2-1-3-5-7-14/h8-9,12,14,16,19H,1-7,10-11H2. The van der Waals surface area contributed by atoms with Crippen molar-refractivity contribution in [1.82, 2.24) is 5.32 Å². The summed E-state index contributed by atoms with van der Waals surface area (Å²) in [6.45, 7) is 0. The summed E-state index contributed by atoms with van der Waals surface area (Å²) in [4.78, 5) is 1.42. The molecule has 2 aliphatic rings. The van der Waals surface area contributed by atoms with Crippen LogP contribution >= 0.6 is 23.4 Å². The molecule has 1 nitrogen and oxygen atoms in total. The zero-order chi connectivity index (χ0) is 13.8. The zero-order valence-corrected chi connectivity index (χ0v) is 13.6. The Morgan fingerprint density at radius 2 is 1.75 bits per heavy atom. The summed E-state index contributed by atoms with van der Waals surface area (Å²) in [5.74, 6) is 1.22. The van der Waals surface area contributed by atoms with Crippen LogP contribution in [0.2, 0.25) is 5.02 Å². The summed E-state index contributed by atoms with van der Waals surface area (Å²) in [6, 6.07) is 7.59. The third kappa shape index (κ3) is 3.72. The van der Waals surface area contributed by atoms with E-state index in [1.165, 1.54) is 67.6 Å². The number of fused-ring (bicyclic) bond motifs is 1. The maximum absolute atomic E-state index is 6.20. The molecule has 3 rings (SSSR count). The largest absolute Gasteiger partial charge is 0.307 e. The lowest BCUT2D eigenvalue weighted by atomic mass is 9.94. The smallest absolute Gasteiger partial charge is 0.0410 e.